The molecule has 328 valence electrons. The highest BCUT2D eigenvalue weighted by Crippen LogP contribution is 2.77. The van der Waals surface area contributed by atoms with E-state index in [1.807, 2.05) is 19.0 Å². The van der Waals surface area contributed by atoms with Gasteiger partial charge in [0.25, 0.3) is 5.91 Å². The van der Waals surface area contributed by atoms with E-state index in [4.69, 9.17) is 27.9 Å². The lowest BCUT2D eigenvalue weighted by atomic mass is 9.33. The lowest BCUT2D eigenvalue weighted by Crippen LogP contribution is -2.66. The molecular weight excluding hydrogens is 787 g/mol. The third-order valence-electron chi connectivity index (χ3n) is 17.2. The second-order valence-electron chi connectivity index (χ2n) is 21.8. The summed E-state index contributed by atoms with van der Waals surface area (Å²) in [6.07, 6.45) is 6.04. The molecule has 9 atom stereocenters. The smallest absolute Gasteiger partial charge is 0.309 e. The van der Waals surface area contributed by atoms with Crippen molar-refractivity contribution in [1.29, 1.82) is 0 Å². The molecule has 2 N–H and O–H groups in total. The first kappa shape index (κ1) is 46.1. The number of hydrogen-bond acceptors (Lipinski definition) is 7. The second-order valence-corrected chi connectivity index (χ2v) is 22.6. The third kappa shape index (κ3) is 7.62. The molecule has 0 bridgehead atoms. The van der Waals surface area contributed by atoms with E-state index >= 15 is 0 Å². The number of aliphatic hydroxyl groups excluding tert-OH is 1. The number of carbonyl (C=O) groups is 4. The molecule has 59 heavy (non-hydrogen) atoms. The largest absolute Gasteiger partial charge is 0.481 e. The van der Waals surface area contributed by atoms with Crippen molar-refractivity contribution in [3.8, 4) is 0 Å². The number of benzene rings is 1. The second kappa shape index (κ2) is 16.0. The Kier molecular flexibility index (Phi) is 12.5. The van der Waals surface area contributed by atoms with Crippen LogP contribution >= 0.6 is 23.2 Å². The molecule has 5 aliphatic carbocycles. The molecule has 6 rings (SSSR count). The van der Waals surface area contributed by atoms with Gasteiger partial charge in [0.2, 0.25) is 0 Å². The van der Waals surface area contributed by atoms with Crippen LogP contribution in [0.3, 0.4) is 0 Å². The Bertz CT molecular complexity index is 1890. The van der Waals surface area contributed by atoms with Crippen molar-refractivity contribution in [3.63, 3.8) is 0 Å². The van der Waals surface area contributed by atoms with E-state index in [-0.39, 0.29) is 75.7 Å². The number of esters is 1. The quantitative estimate of drug-likeness (QED) is 0.199. The van der Waals surface area contributed by atoms with Crippen molar-refractivity contribution < 1.29 is 34.1 Å². The maximum atomic E-state index is 14.3. The summed E-state index contributed by atoms with van der Waals surface area (Å²) in [4.78, 5) is 57.2. The van der Waals surface area contributed by atoms with E-state index in [9.17, 15) is 29.4 Å². The van der Waals surface area contributed by atoms with Gasteiger partial charge in [0.05, 0.1) is 28.5 Å². The predicted molar refractivity (Wildman–Crippen MR) is 232 cm³/mol. The molecule has 0 aromatic heterocycles. The molecule has 0 unspecified atom stereocenters. The van der Waals surface area contributed by atoms with Gasteiger partial charge in [0.1, 0.15) is 6.10 Å². The summed E-state index contributed by atoms with van der Waals surface area (Å²) in [5.74, 6) is -0.729. The van der Waals surface area contributed by atoms with Crippen molar-refractivity contribution in [2.24, 2.45) is 56.2 Å². The maximum Gasteiger partial charge on any atom is 0.309 e. The minimum absolute atomic E-state index is 0.00122. The highest BCUT2D eigenvalue weighted by atomic mass is 35.5. The van der Waals surface area contributed by atoms with E-state index in [2.05, 4.69) is 48.5 Å². The van der Waals surface area contributed by atoms with E-state index in [0.717, 1.165) is 56.1 Å². The number of halogens is 2. The molecule has 9 nitrogen and oxygen atoms in total. The SMILES string of the molecule is CC(C)C1=C2[C@H]3CC[C@@H]4[C@@]5(C)CC[C@H](OC(=O)CC(C)(C)C(=O)O)C(C)(C)[C@@H]5CC[C@@]4(C)[C@]3(C)CC[C@@]2([C@@H](O)CN(CCN(C)C)C(=O)c2ccc(Cl)cc2Cl)CC1=O. The molecule has 0 radical (unpaired) electrons. The van der Waals surface area contributed by atoms with Gasteiger partial charge in [0.15, 0.2) is 5.78 Å². The minimum Gasteiger partial charge on any atom is -0.481 e. The fourth-order valence-corrected chi connectivity index (χ4v) is 14.2. The zero-order chi connectivity index (χ0) is 43.8. The van der Waals surface area contributed by atoms with Crippen LogP contribution in [-0.2, 0) is 19.1 Å². The van der Waals surface area contributed by atoms with Crippen molar-refractivity contribution >= 4 is 46.8 Å². The summed E-state index contributed by atoms with van der Waals surface area (Å²) in [5, 5.41) is 23.0. The number of ketones is 1. The van der Waals surface area contributed by atoms with Gasteiger partial charge in [-0.1, -0.05) is 77.2 Å². The molecule has 0 aliphatic heterocycles. The van der Waals surface area contributed by atoms with Gasteiger partial charge in [-0.2, -0.15) is 0 Å². The number of ether oxygens (including phenoxy) is 1. The van der Waals surface area contributed by atoms with E-state index in [1.165, 1.54) is 0 Å². The highest BCUT2D eigenvalue weighted by molar-refractivity contribution is 6.36. The van der Waals surface area contributed by atoms with Gasteiger partial charge in [-0.15, -0.1) is 0 Å². The fourth-order valence-electron chi connectivity index (χ4n) is 13.7. The van der Waals surface area contributed by atoms with Crippen LogP contribution in [0.5, 0.6) is 0 Å². The first-order valence-corrected chi connectivity index (χ1v) is 22.8. The van der Waals surface area contributed by atoms with Crippen molar-refractivity contribution in [2.75, 3.05) is 33.7 Å². The van der Waals surface area contributed by atoms with Crippen LogP contribution in [0.15, 0.2) is 29.3 Å². The molecule has 0 saturated heterocycles. The number of likely N-dealkylation sites (N-methyl/N-ethyl adjacent to an activating group) is 1. The van der Waals surface area contributed by atoms with Crippen LogP contribution in [0.4, 0.5) is 0 Å². The van der Waals surface area contributed by atoms with Crippen molar-refractivity contribution in [3.05, 3.63) is 45.0 Å². The summed E-state index contributed by atoms with van der Waals surface area (Å²) in [6.45, 7) is 20.4. The molecule has 4 fully saturated rings. The first-order valence-electron chi connectivity index (χ1n) is 22.0. The summed E-state index contributed by atoms with van der Waals surface area (Å²) in [5.41, 5.74) is -0.0171. The number of aliphatic hydroxyl groups is 1. The Labute approximate surface area is 363 Å². The molecule has 11 heteroatoms. The lowest BCUT2D eigenvalue weighted by molar-refractivity contribution is -0.235. The summed E-state index contributed by atoms with van der Waals surface area (Å²) in [7, 11) is 3.91. The van der Waals surface area contributed by atoms with Crippen LogP contribution in [0.25, 0.3) is 0 Å². The zero-order valence-corrected chi connectivity index (χ0v) is 39.0. The van der Waals surface area contributed by atoms with Gasteiger partial charge >= 0.3 is 11.9 Å². The number of Topliss-reactive ketones (excluding diaryl/α,β-unsaturated/α-hetero) is 1. The summed E-state index contributed by atoms with van der Waals surface area (Å²) >= 11 is 12.8. The number of amides is 1. The number of nitrogens with zero attached hydrogens (tertiary/aromatic N) is 2. The van der Waals surface area contributed by atoms with Gasteiger partial charge in [-0.3, -0.25) is 19.2 Å². The molecule has 4 saturated carbocycles. The lowest BCUT2D eigenvalue weighted by Gasteiger charge is -2.72. The number of allylic oxidation sites excluding steroid dienone is 1. The van der Waals surface area contributed by atoms with Crippen molar-refractivity contribution in [2.45, 2.75) is 139 Å². The monoisotopic (exact) mass is 856 g/mol. The third-order valence-corrected chi connectivity index (χ3v) is 17.7. The van der Waals surface area contributed by atoms with Gasteiger partial charge in [0, 0.05) is 41.9 Å². The Morgan fingerprint density at radius 3 is 2.20 bits per heavy atom. The number of carboxylic acids is 1. The highest BCUT2D eigenvalue weighted by Gasteiger charge is 2.71. The molecule has 1 aromatic rings. The number of carbonyl (C=O) groups excluding carboxylic acids is 3. The molecular formula is C48H70Cl2N2O7. The zero-order valence-electron chi connectivity index (χ0n) is 37.5. The number of hydrogen-bond donors (Lipinski definition) is 2. The summed E-state index contributed by atoms with van der Waals surface area (Å²) in [6, 6.07) is 4.87. The Morgan fingerprint density at radius 1 is 0.915 bits per heavy atom. The van der Waals surface area contributed by atoms with Crippen LogP contribution in [-0.4, -0.2) is 89.6 Å². The van der Waals surface area contributed by atoms with Crippen LogP contribution < -0.4 is 0 Å². The van der Waals surface area contributed by atoms with Crippen LogP contribution in [0, 0.1) is 56.2 Å². The topological polar surface area (TPSA) is 124 Å². The van der Waals surface area contributed by atoms with E-state index in [0.29, 0.717) is 41.9 Å². The Hall–Kier alpha value is -2.46. The summed E-state index contributed by atoms with van der Waals surface area (Å²) < 4.78 is 6.18. The average Bonchev–Trinajstić information content (AvgIpc) is 3.44. The van der Waals surface area contributed by atoms with Gasteiger partial charge in [-0.25, -0.2) is 0 Å². The maximum absolute atomic E-state index is 14.3. The molecule has 1 amide bonds. The predicted octanol–water partition coefficient (Wildman–Crippen LogP) is 9.75. The number of fused-ring (bicyclic) bond motifs is 7. The Balaban J connectivity index is 1.31. The van der Waals surface area contributed by atoms with E-state index < -0.39 is 28.9 Å². The molecule has 1 aromatic carbocycles. The molecule has 0 heterocycles. The normalized spacial score (nSPS) is 34.5. The number of carboxylic acid groups (broad SMARTS) is 1. The average molecular weight is 858 g/mol. The number of rotatable bonds is 12. The van der Waals surface area contributed by atoms with Crippen LogP contribution in [0.2, 0.25) is 10.0 Å². The first-order chi connectivity index (χ1) is 27.3. The Morgan fingerprint density at radius 2 is 1.59 bits per heavy atom. The fraction of sp³-hybridized carbons (Fsp3) is 0.750. The standard InChI is InChI=1S/C48H70Cl2N2O7/c1-28(2)39-33(53)25-48(36(54)27-52(23-22-51(10)11)41(56)30-13-12-29(49)24-32(30)50)21-20-46(8)31(40(39)48)14-15-35-45(7)18-17-37(59-38(55)26-43(3,4)42(57)58)44(5,6)34(45)16-19-47(35,46)9/h12-13,24,28,31,34-37,54H,14-23,25-27H2,1-11H3,(H,57,58)/t31-,34+,35-,36+,37+,45+,46-,47-,48+/m1/s1. The molecule has 0 spiro atoms. The van der Waals surface area contributed by atoms with Gasteiger partial charge in [-0.05, 0) is 143 Å². The van der Waals surface area contributed by atoms with Crippen molar-refractivity contribution in [1.82, 2.24) is 9.80 Å². The molecule has 5 aliphatic rings. The number of aliphatic carboxylic acids is 1. The minimum atomic E-state index is -1.19. The van der Waals surface area contributed by atoms with Crippen LogP contribution in [0.1, 0.15) is 137 Å². The van der Waals surface area contributed by atoms with E-state index in [1.54, 1.807) is 36.9 Å². The van der Waals surface area contributed by atoms with Gasteiger partial charge < -0.3 is 24.7 Å².